The number of carboxylic acids is 1. The largest absolute Gasteiger partial charge is 0.480 e. The monoisotopic (exact) mass is 288 g/mol. The van der Waals surface area contributed by atoms with Crippen molar-refractivity contribution in [3.05, 3.63) is 0 Å². The highest BCUT2D eigenvalue weighted by Gasteiger charge is 2.31. The van der Waals surface area contributed by atoms with Gasteiger partial charge in [0, 0.05) is 6.54 Å². The number of nitrogens with one attached hydrogen (secondary N) is 1. The van der Waals surface area contributed by atoms with Gasteiger partial charge in [0.2, 0.25) is 0 Å². The number of nitrogens with two attached hydrogens (primary N) is 1. The second kappa shape index (κ2) is 6.90. The minimum absolute atomic E-state index is 0.0201. The minimum Gasteiger partial charge on any atom is -0.480 e. The first kappa shape index (κ1) is 16.7. The predicted molar refractivity (Wildman–Crippen MR) is 72.3 cm³/mol. The van der Waals surface area contributed by atoms with E-state index in [0.29, 0.717) is 12.5 Å². The van der Waals surface area contributed by atoms with Crippen molar-refractivity contribution in [2.75, 3.05) is 13.2 Å². The molecule has 0 radical (unpaired) electrons. The van der Waals surface area contributed by atoms with Crippen molar-refractivity contribution < 1.29 is 24.2 Å². The normalized spacial score (nSPS) is 23.6. The molecule has 4 N–H and O–H groups in total. The Bertz CT molecular complexity index is 347. The maximum absolute atomic E-state index is 11.4. The molecule has 116 valence electrons. The van der Waals surface area contributed by atoms with Gasteiger partial charge in [-0.05, 0) is 39.5 Å². The highest BCUT2D eigenvalue weighted by atomic mass is 16.6. The van der Waals surface area contributed by atoms with Crippen LogP contribution in [0.3, 0.4) is 0 Å². The number of alkyl carbamates (subject to hydrolysis) is 1. The number of aliphatic carboxylic acids is 1. The van der Waals surface area contributed by atoms with Crippen LogP contribution in [0.5, 0.6) is 0 Å². The fourth-order valence-electron chi connectivity index (χ4n) is 1.83. The standard InChI is InChI=1S/C13H24N2O5/c1-13(2,3)20-12(18)15-6-8-4-9(5-8)19-7-10(14)11(16)17/h8-10H,4-7,14H2,1-3H3,(H,15,18)(H,16,17)/t8?,9?,10-/m0/s1. The topological polar surface area (TPSA) is 111 Å². The van der Waals surface area contributed by atoms with Crippen LogP contribution in [0.25, 0.3) is 0 Å². The molecule has 1 atom stereocenters. The summed E-state index contributed by atoms with van der Waals surface area (Å²) < 4.78 is 10.5. The Balaban J connectivity index is 2.08. The summed E-state index contributed by atoms with van der Waals surface area (Å²) in [5.74, 6) is -0.721. The molecule has 0 spiro atoms. The SMILES string of the molecule is CC(C)(C)OC(=O)NCC1CC(OC[C@H](N)C(=O)O)C1. The molecule has 7 heteroatoms. The molecule has 1 saturated carbocycles. The van der Waals surface area contributed by atoms with Crippen LogP contribution in [0.1, 0.15) is 33.6 Å². The van der Waals surface area contributed by atoms with Crippen molar-refractivity contribution in [3.8, 4) is 0 Å². The zero-order valence-corrected chi connectivity index (χ0v) is 12.2. The van der Waals surface area contributed by atoms with Crippen molar-refractivity contribution in [2.45, 2.75) is 51.4 Å². The van der Waals surface area contributed by atoms with E-state index in [-0.39, 0.29) is 12.7 Å². The van der Waals surface area contributed by atoms with Crippen LogP contribution in [-0.4, -0.2) is 48.1 Å². The van der Waals surface area contributed by atoms with Crippen molar-refractivity contribution >= 4 is 12.1 Å². The second-order valence-electron chi connectivity index (χ2n) is 6.12. The lowest BCUT2D eigenvalue weighted by molar-refractivity contribution is -0.141. The van der Waals surface area contributed by atoms with Crippen LogP contribution >= 0.6 is 0 Å². The van der Waals surface area contributed by atoms with Crippen LogP contribution < -0.4 is 11.1 Å². The Morgan fingerprint density at radius 3 is 2.50 bits per heavy atom. The molecule has 0 saturated heterocycles. The third kappa shape index (κ3) is 6.21. The summed E-state index contributed by atoms with van der Waals surface area (Å²) in [4.78, 5) is 21.9. The Morgan fingerprint density at radius 2 is 2.00 bits per heavy atom. The lowest BCUT2D eigenvalue weighted by Crippen LogP contribution is -2.43. The third-order valence-corrected chi connectivity index (χ3v) is 2.96. The number of carbonyl (C=O) groups excluding carboxylic acids is 1. The van der Waals surface area contributed by atoms with E-state index in [0.717, 1.165) is 12.8 Å². The first-order chi connectivity index (χ1) is 9.17. The second-order valence-corrected chi connectivity index (χ2v) is 6.12. The molecule has 1 aliphatic carbocycles. The van der Waals surface area contributed by atoms with E-state index in [1.54, 1.807) is 0 Å². The summed E-state index contributed by atoms with van der Waals surface area (Å²) in [6.07, 6.45) is 1.20. The van der Waals surface area contributed by atoms with Crippen LogP contribution in [0.15, 0.2) is 0 Å². The fraction of sp³-hybridized carbons (Fsp3) is 0.846. The van der Waals surface area contributed by atoms with E-state index < -0.39 is 23.7 Å². The number of hydrogen-bond donors (Lipinski definition) is 3. The molecule has 0 unspecified atom stereocenters. The highest BCUT2D eigenvalue weighted by molar-refractivity contribution is 5.73. The summed E-state index contributed by atoms with van der Waals surface area (Å²) in [6, 6.07) is -0.978. The number of ether oxygens (including phenoxy) is 2. The van der Waals surface area contributed by atoms with E-state index in [9.17, 15) is 9.59 Å². The van der Waals surface area contributed by atoms with E-state index in [2.05, 4.69) is 5.32 Å². The van der Waals surface area contributed by atoms with Crippen LogP contribution in [0.4, 0.5) is 4.79 Å². The average Bonchev–Trinajstić information content (AvgIpc) is 2.23. The van der Waals surface area contributed by atoms with Crippen LogP contribution in [0.2, 0.25) is 0 Å². The van der Waals surface area contributed by atoms with Gasteiger partial charge in [-0.15, -0.1) is 0 Å². The van der Waals surface area contributed by atoms with Crippen molar-refractivity contribution in [2.24, 2.45) is 11.7 Å². The summed E-state index contributed by atoms with van der Waals surface area (Å²) in [7, 11) is 0. The molecule has 20 heavy (non-hydrogen) atoms. The Kier molecular flexibility index (Phi) is 5.76. The maximum Gasteiger partial charge on any atom is 0.407 e. The zero-order chi connectivity index (χ0) is 15.3. The Hall–Kier alpha value is -1.34. The molecule has 1 fully saturated rings. The molecular weight excluding hydrogens is 264 g/mol. The highest BCUT2D eigenvalue weighted by Crippen LogP contribution is 2.29. The molecule has 0 aliphatic heterocycles. The van der Waals surface area contributed by atoms with Gasteiger partial charge < -0.3 is 25.6 Å². The molecule has 1 amide bonds. The van der Waals surface area contributed by atoms with E-state index in [1.165, 1.54) is 0 Å². The lowest BCUT2D eigenvalue weighted by atomic mass is 9.82. The van der Waals surface area contributed by atoms with Crippen molar-refractivity contribution in [1.29, 1.82) is 0 Å². The third-order valence-electron chi connectivity index (χ3n) is 2.96. The number of carbonyl (C=O) groups is 2. The quantitative estimate of drug-likeness (QED) is 0.664. The van der Waals surface area contributed by atoms with Gasteiger partial charge in [-0.2, -0.15) is 0 Å². The van der Waals surface area contributed by atoms with Gasteiger partial charge >= 0.3 is 12.1 Å². The molecule has 0 bridgehead atoms. The van der Waals surface area contributed by atoms with Gasteiger partial charge in [0.25, 0.3) is 0 Å². The number of hydrogen-bond acceptors (Lipinski definition) is 5. The lowest BCUT2D eigenvalue weighted by Gasteiger charge is -2.35. The molecule has 0 aromatic carbocycles. The average molecular weight is 288 g/mol. The fourth-order valence-corrected chi connectivity index (χ4v) is 1.83. The Morgan fingerprint density at radius 1 is 1.40 bits per heavy atom. The maximum atomic E-state index is 11.4. The summed E-state index contributed by atoms with van der Waals surface area (Å²) in [5.41, 5.74) is 4.84. The molecule has 1 aliphatic rings. The van der Waals surface area contributed by atoms with Crippen molar-refractivity contribution in [3.63, 3.8) is 0 Å². The molecular formula is C13H24N2O5. The molecule has 0 heterocycles. The van der Waals surface area contributed by atoms with E-state index in [4.69, 9.17) is 20.3 Å². The smallest absolute Gasteiger partial charge is 0.407 e. The van der Waals surface area contributed by atoms with E-state index in [1.807, 2.05) is 20.8 Å². The van der Waals surface area contributed by atoms with Crippen LogP contribution in [0, 0.1) is 5.92 Å². The van der Waals surface area contributed by atoms with Gasteiger partial charge in [-0.3, -0.25) is 4.79 Å². The van der Waals surface area contributed by atoms with Crippen LogP contribution in [-0.2, 0) is 14.3 Å². The Labute approximate surface area is 118 Å². The summed E-state index contributed by atoms with van der Waals surface area (Å²) in [5, 5.41) is 11.3. The molecule has 0 aromatic heterocycles. The number of amides is 1. The number of carboxylic acid groups (broad SMARTS) is 1. The summed E-state index contributed by atoms with van der Waals surface area (Å²) in [6.45, 7) is 5.99. The van der Waals surface area contributed by atoms with E-state index >= 15 is 0 Å². The van der Waals surface area contributed by atoms with Gasteiger partial charge in [0.15, 0.2) is 0 Å². The van der Waals surface area contributed by atoms with Gasteiger partial charge in [0.1, 0.15) is 11.6 Å². The van der Waals surface area contributed by atoms with Gasteiger partial charge in [0.05, 0.1) is 12.7 Å². The number of rotatable bonds is 6. The molecule has 1 rings (SSSR count). The molecule has 0 aromatic rings. The van der Waals surface area contributed by atoms with Crippen molar-refractivity contribution in [1.82, 2.24) is 5.32 Å². The first-order valence-electron chi connectivity index (χ1n) is 6.74. The van der Waals surface area contributed by atoms with Gasteiger partial charge in [-0.1, -0.05) is 0 Å². The predicted octanol–water partition coefficient (Wildman–Crippen LogP) is 0.718. The zero-order valence-electron chi connectivity index (χ0n) is 12.2. The summed E-state index contributed by atoms with van der Waals surface area (Å²) >= 11 is 0. The minimum atomic E-state index is -1.06. The molecule has 7 nitrogen and oxygen atoms in total. The first-order valence-corrected chi connectivity index (χ1v) is 6.74. The van der Waals surface area contributed by atoms with Gasteiger partial charge in [-0.25, -0.2) is 4.79 Å².